The number of rotatable bonds is 6. The second kappa shape index (κ2) is 6.91. The van der Waals surface area contributed by atoms with Gasteiger partial charge in [-0.1, -0.05) is 19.1 Å². The maximum absolute atomic E-state index is 5.62. The van der Waals surface area contributed by atoms with Crippen LogP contribution >= 0.6 is 11.3 Å². The third-order valence-electron chi connectivity index (χ3n) is 3.38. The Balaban J connectivity index is 2.34. The molecule has 0 aliphatic carbocycles. The monoisotopic (exact) mass is 289 g/mol. The summed E-state index contributed by atoms with van der Waals surface area (Å²) in [6.45, 7) is 10.2. The molecule has 0 radical (unpaired) electrons. The summed E-state index contributed by atoms with van der Waals surface area (Å²) in [5, 5.41) is 3.58. The number of hydrogen-bond donors (Lipinski definition) is 1. The summed E-state index contributed by atoms with van der Waals surface area (Å²) in [6.07, 6.45) is 0. The standard InChI is InChI=1S/C17H23NOS/c1-5-18-17(16-10-12(3)13(4)20-16)14-8-7-9-15(11-14)19-6-2/h7-11,17-18H,5-6H2,1-4H3. The van der Waals surface area contributed by atoms with Gasteiger partial charge in [0.25, 0.3) is 0 Å². The van der Waals surface area contributed by atoms with E-state index in [-0.39, 0.29) is 6.04 Å². The lowest BCUT2D eigenvalue weighted by Gasteiger charge is -2.18. The fraction of sp³-hybridized carbons (Fsp3) is 0.412. The topological polar surface area (TPSA) is 21.3 Å². The molecule has 1 aromatic carbocycles. The molecule has 2 nitrogen and oxygen atoms in total. The molecule has 3 heteroatoms. The summed E-state index contributed by atoms with van der Waals surface area (Å²) in [5.74, 6) is 0.943. The number of aryl methyl sites for hydroxylation is 2. The maximum atomic E-state index is 5.62. The van der Waals surface area contributed by atoms with Crippen LogP contribution in [0.2, 0.25) is 0 Å². The molecule has 1 heterocycles. The van der Waals surface area contributed by atoms with E-state index in [1.165, 1.54) is 20.9 Å². The number of hydrogen-bond acceptors (Lipinski definition) is 3. The normalized spacial score (nSPS) is 12.4. The van der Waals surface area contributed by atoms with Crippen molar-refractivity contribution >= 4 is 11.3 Å². The molecule has 0 spiro atoms. The number of thiophene rings is 1. The quantitative estimate of drug-likeness (QED) is 0.847. The van der Waals surface area contributed by atoms with Crippen molar-refractivity contribution in [2.75, 3.05) is 13.2 Å². The molecule has 1 N–H and O–H groups in total. The second-order valence-corrected chi connectivity index (χ2v) is 6.17. The van der Waals surface area contributed by atoms with Crippen LogP contribution in [0.25, 0.3) is 0 Å². The number of benzene rings is 1. The highest BCUT2D eigenvalue weighted by Gasteiger charge is 2.16. The van der Waals surface area contributed by atoms with Crippen LogP contribution in [-0.4, -0.2) is 13.2 Å². The summed E-state index contributed by atoms with van der Waals surface area (Å²) in [6, 6.07) is 10.9. The van der Waals surface area contributed by atoms with E-state index >= 15 is 0 Å². The van der Waals surface area contributed by atoms with Gasteiger partial charge in [-0.15, -0.1) is 11.3 Å². The van der Waals surface area contributed by atoms with Crippen LogP contribution in [0.1, 0.15) is 40.8 Å². The smallest absolute Gasteiger partial charge is 0.119 e. The van der Waals surface area contributed by atoms with Gasteiger partial charge >= 0.3 is 0 Å². The lowest BCUT2D eigenvalue weighted by molar-refractivity contribution is 0.339. The van der Waals surface area contributed by atoms with E-state index < -0.39 is 0 Å². The van der Waals surface area contributed by atoms with Gasteiger partial charge < -0.3 is 10.1 Å². The van der Waals surface area contributed by atoms with E-state index in [0.29, 0.717) is 6.61 Å². The molecule has 2 aromatic rings. The fourth-order valence-electron chi connectivity index (χ4n) is 2.28. The van der Waals surface area contributed by atoms with E-state index in [9.17, 15) is 0 Å². The molecule has 0 saturated carbocycles. The molecule has 0 bridgehead atoms. The predicted octanol–water partition coefficient (Wildman–Crippen LogP) is 4.46. The Morgan fingerprint density at radius 2 is 2.00 bits per heavy atom. The zero-order valence-corrected chi connectivity index (χ0v) is 13.5. The van der Waals surface area contributed by atoms with Gasteiger partial charge in [0.05, 0.1) is 12.6 Å². The predicted molar refractivity (Wildman–Crippen MR) is 86.9 cm³/mol. The highest BCUT2D eigenvalue weighted by atomic mass is 32.1. The highest BCUT2D eigenvalue weighted by molar-refractivity contribution is 7.12. The van der Waals surface area contributed by atoms with Crippen molar-refractivity contribution in [1.82, 2.24) is 5.32 Å². The molecule has 0 saturated heterocycles. The van der Waals surface area contributed by atoms with Crippen molar-refractivity contribution in [3.05, 3.63) is 51.2 Å². The number of ether oxygens (including phenoxy) is 1. The van der Waals surface area contributed by atoms with E-state index in [1.54, 1.807) is 0 Å². The van der Waals surface area contributed by atoms with Crippen LogP contribution in [0.4, 0.5) is 0 Å². The second-order valence-electron chi connectivity index (χ2n) is 4.88. The summed E-state index contributed by atoms with van der Waals surface area (Å²) in [4.78, 5) is 2.76. The SMILES string of the molecule is CCNC(c1cccc(OCC)c1)c1cc(C)c(C)s1. The fourth-order valence-corrected chi connectivity index (χ4v) is 3.43. The van der Waals surface area contributed by atoms with Gasteiger partial charge in [0.15, 0.2) is 0 Å². The molecule has 0 aliphatic rings. The average Bonchev–Trinajstić information content (AvgIpc) is 2.76. The molecule has 1 unspecified atom stereocenters. The summed E-state index contributed by atoms with van der Waals surface area (Å²) >= 11 is 1.87. The maximum Gasteiger partial charge on any atom is 0.119 e. The van der Waals surface area contributed by atoms with Crippen LogP contribution in [0.15, 0.2) is 30.3 Å². The Kier molecular flexibility index (Phi) is 5.21. The molecule has 2 rings (SSSR count). The Labute approximate surface area is 125 Å². The molecule has 20 heavy (non-hydrogen) atoms. The van der Waals surface area contributed by atoms with Crippen LogP contribution in [0, 0.1) is 13.8 Å². The van der Waals surface area contributed by atoms with Crippen molar-refractivity contribution in [1.29, 1.82) is 0 Å². The molecule has 0 aliphatic heterocycles. The molecule has 0 amide bonds. The van der Waals surface area contributed by atoms with Gasteiger partial charge in [-0.3, -0.25) is 0 Å². The molecule has 1 aromatic heterocycles. The van der Waals surface area contributed by atoms with Crippen molar-refractivity contribution in [2.24, 2.45) is 0 Å². The summed E-state index contributed by atoms with van der Waals surface area (Å²) in [5.41, 5.74) is 2.63. The van der Waals surface area contributed by atoms with Gasteiger partial charge in [0, 0.05) is 9.75 Å². The van der Waals surface area contributed by atoms with Gasteiger partial charge in [-0.05, 0) is 56.6 Å². The van der Waals surface area contributed by atoms with Crippen molar-refractivity contribution < 1.29 is 4.74 Å². The summed E-state index contributed by atoms with van der Waals surface area (Å²) < 4.78 is 5.62. The zero-order chi connectivity index (χ0) is 14.5. The van der Waals surface area contributed by atoms with Gasteiger partial charge in [-0.25, -0.2) is 0 Å². The van der Waals surface area contributed by atoms with Crippen molar-refractivity contribution in [3.8, 4) is 5.75 Å². The lowest BCUT2D eigenvalue weighted by Crippen LogP contribution is -2.21. The van der Waals surface area contributed by atoms with Gasteiger partial charge in [-0.2, -0.15) is 0 Å². The minimum absolute atomic E-state index is 0.248. The zero-order valence-electron chi connectivity index (χ0n) is 12.7. The highest BCUT2D eigenvalue weighted by Crippen LogP contribution is 2.32. The van der Waals surface area contributed by atoms with E-state index in [4.69, 9.17) is 4.74 Å². The van der Waals surface area contributed by atoms with Crippen LogP contribution in [0.3, 0.4) is 0 Å². The average molecular weight is 289 g/mol. The van der Waals surface area contributed by atoms with E-state index in [0.717, 1.165) is 12.3 Å². The lowest BCUT2D eigenvalue weighted by atomic mass is 10.0. The van der Waals surface area contributed by atoms with Crippen LogP contribution in [0.5, 0.6) is 5.75 Å². The first-order chi connectivity index (χ1) is 9.65. The molecule has 0 fully saturated rings. The first-order valence-corrected chi connectivity index (χ1v) is 8.00. The summed E-state index contributed by atoms with van der Waals surface area (Å²) in [7, 11) is 0. The van der Waals surface area contributed by atoms with E-state index in [1.807, 2.05) is 24.3 Å². The first-order valence-electron chi connectivity index (χ1n) is 7.18. The minimum Gasteiger partial charge on any atom is -0.494 e. The molecular weight excluding hydrogens is 266 g/mol. The van der Waals surface area contributed by atoms with Crippen molar-refractivity contribution in [3.63, 3.8) is 0 Å². The first kappa shape index (κ1) is 15.1. The Hall–Kier alpha value is -1.32. The molecule has 108 valence electrons. The van der Waals surface area contributed by atoms with Crippen LogP contribution in [-0.2, 0) is 0 Å². The Morgan fingerprint density at radius 1 is 1.20 bits per heavy atom. The largest absolute Gasteiger partial charge is 0.494 e. The third-order valence-corrected chi connectivity index (χ3v) is 4.60. The van der Waals surface area contributed by atoms with Crippen LogP contribution < -0.4 is 10.1 Å². The van der Waals surface area contributed by atoms with Crippen molar-refractivity contribution in [2.45, 2.75) is 33.7 Å². The molecule has 1 atom stereocenters. The minimum atomic E-state index is 0.248. The third kappa shape index (κ3) is 3.41. The Bertz CT molecular complexity index is 542. The molecular formula is C17H23NOS. The number of nitrogens with one attached hydrogen (secondary N) is 1. The van der Waals surface area contributed by atoms with Gasteiger partial charge in [0.2, 0.25) is 0 Å². The van der Waals surface area contributed by atoms with Gasteiger partial charge in [0.1, 0.15) is 5.75 Å². The van der Waals surface area contributed by atoms with E-state index in [2.05, 4.69) is 50.4 Å². The Morgan fingerprint density at radius 3 is 2.60 bits per heavy atom.